The van der Waals surface area contributed by atoms with E-state index in [9.17, 15) is 10.4 Å². The minimum Gasteiger partial charge on any atom is -0.391 e. The predicted molar refractivity (Wildman–Crippen MR) is 65.8 cm³/mol. The van der Waals surface area contributed by atoms with Crippen LogP contribution in [0.25, 0.3) is 0 Å². The topological polar surface area (TPSA) is 44.0 Å². The number of nitrogens with zero attached hydrogens (tertiary/aromatic N) is 1. The number of rotatable bonds is 4. The van der Waals surface area contributed by atoms with Crippen LogP contribution in [0.4, 0.5) is 0 Å². The van der Waals surface area contributed by atoms with E-state index in [1.54, 1.807) is 0 Å². The van der Waals surface area contributed by atoms with Crippen LogP contribution in [0.3, 0.4) is 0 Å². The molecule has 0 spiro atoms. The molecule has 1 aliphatic carbocycles. The molecule has 2 nitrogen and oxygen atoms in total. The van der Waals surface area contributed by atoms with E-state index < -0.39 is 11.5 Å². The Bertz CT molecular complexity index is 248. The molecular formula is C14H25NO. The average Bonchev–Trinajstić information content (AvgIpc) is 2.30. The summed E-state index contributed by atoms with van der Waals surface area (Å²) in [6, 6.07) is 2.43. The van der Waals surface area contributed by atoms with Gasteiger partial charge < -0.3 is 5.11 Å². The van der Waals surface area contributed by atoms with Crippen molar-refractivity contribution in [2.24, 2.45) is 17.3 Å². The molecule has 0 amide bonds. The lowest BCUT2D eigenvalue weighted by atomic mass is 9.65. The molecule has 1 N–H and O–H groups in total. The Labute approximate surface area is 99.7 Å². The fourth-order valence-corrected chi connectivity index (χ4v) is 2.91. The lowest BCUT2D eigenvalue weighted by Gasteiger charge is -2.39. The summed E-state index contributed by atoms with van der Waals surface area (Å²) in [5, 5.41) is 19.8. The van der Waals surface area contributed by atoms with Crippen LogP contribution in [0.2, 0.25) is 0 Å². The van der Waals surface area contributed by atoms with Crippen molar-refractivity contribution in [1.82, 2.24) is 0 Å². The van der Waals surface area contributed by atoms with Gasteiger partial charge in [0.2, 0.25) is 0 Å². The molecule has 0 aromatic heterocycles. The second-order valence-corrected chi connectivity index (χ2v) is 5.66. The van der Waals surface area contributed by atoms with Gasteiger partial charge in [0.1, 0.15) is 0 Å². The highest BCUT2D eigenvalue weighted by Crippen LogP contribution is 2.43. The molecule has 0 bridgehead atoms. The third kappa shape index (κ3) is 2.77. The van der Waals surface area contributed by atoms with Gasteiger partial charge in [0.15, 0.2) is 0 Å². The van der Waals surface area contributed by atoms with Crippen molar-refractivity contribution in [3.8, 4) is 6.07 Å². The van der Waals surface area contributed by atoms with E-state index >= 15 is 0 Å². The molecule has 0 aliphatic heterocycles. The van der Waals surface area contributed by atoms with Crippen LogP contribution in [-0.2, 0) is 0 Å². The maximum Gasteiger partial charge on any atom is 0.0835 e. The number of aliphatic hydroxyl groups is 1. The fraction of sp³-hybridized carbons (Fsp3) is 0.929. The first kappa shape index (κ1) is 13.5. The zero-order valence-electron chi connectivity index (χ0n) is 10.9. The van der Waals surface area contributed by atoms with Crippen molar-refractivity contribution in [1.29, 1.82) is 5.26 Å². The third-order valence-corrected chi connectivity index (χ3v) is 4.24. The quantitative estimate of drug-likeness (QED) is 0.792. The summed E-state index contributed by atoms with van der Waals surface area (Å²) in [5.41, 5.74) is -0.457. The molecule has 2 atom stereocenters. The highest BCUT2D eigenvalue weighted by Gasteiger charge is 2.42. The number of hydrogen-bond acceptors (Lipinski definition) is 2. The number of nitriles is 1. The van der Waals surface area contributed by atoms with Gasteiger partial charge in [-0.3, -0.25) is 0 Å². The molecule has 1 aliphatic rings. The Balaban J connectivity index is 2.69. The predicted octanol–water partition coefficient (Wildman–Crippen LogP) is 3.50. The first-order chi connectivity index (χ1) is 7.55. The Kier molecular flexibility index (Phi) is 4.80. The molecule has 92 valence electrons. The first-order valence-electron chi connectivity index (χ1n) is 6.65. The lowest BCUT2D eigenvalue weighted by Crippen LogP contribution is -2.41. The average molecular weight is 223 g/mol. The van der Waals surface area contributed by atoms with E-state index in [0.717, 1.165) is 44.4 Å². The van der Waals surface area contributed by atoms with Gasteiger partial charge in [-0.25, -0.2) is 0 Å². The van der Waals surface area contributed by atoms with E-state index in [1.165, 1.54) is 0 Å². The van der Waals surface area contributed by atoms with Crippen molar-refractivity contribution in [2.75, 3.05) is 0 Å². The second kappa shape index (κ2) is 5.68. The molecule has 0 heterocycles. The Morgan fingerprint density at radius 3 is 2.44 bits per heavy atom. The third-order valence-electron chi connectivity index (χ3n) is 4.24. The van der Waals surface area contributed by atoms with Crippen molar-refractivity contribution in [2.45, 2.75) is 65.4 Å². The van der Waals surface area contributed by atoms with Crippen LogP contribution < -0.4 is 0 Å². The van der Waals surface area contributed by atoms with Gasteiger partial charge in [-0.05, 0) is 43.9 Å². The molecule has 0 saturated heterocycles. The lowest BCUT2D eigenvalue weighted by molar-refractivity contribution is -0.0113. The minimum atomic E-state index is -0.457. The van der Waals surface area contributed by atoms with Gasteiger partial charge in [0.25, 0.3) is 0 Å². The largest absolute Gasteiger partial charge is 0.391 e. The van der Waals surface area contributed by atoms with Crippen LogP contribution in [0.5, 0.6) is 0 Å². The van der Waals surface area contributed by atoms with Gasteiger partial charge in [0, 0.05) is 0 Å². The molecule has 0 radical (unpaired) electrons. The standard InChI is InChI=1S/C14H25NO/c1-4-5-12(3)13(16)14(10-15)8-6-11(2)7-9-14/h11-13,16H,4-9H2,1-3H3. The molecule has 1 saturated carbocycles. The SMILES string of the molecule is CCCC(C)C(O)C1(C#N)CCC(C)CC1. The van der Waals surface area contributed by atoms with Crippen molar-refractivity contribution in [3.63, 3.8) is 0 Å². The number of aliphatic hydroxyl groups excluding tert-OH is 1. The monoisotopic (exact) mass is 223 g/mol. The van der Waals surface area contributed by atoms with Crippen molar-refractivity contribution < 1.29 is 5.11 Å². The summed E-state index contributed by atoms with van der Waals surface area (Å²) in [7, 11) is 0. The van der Waals surface area contributed by atoms with Gasteiger partial charge in [0.05, 0.1) is 17.6 Å². The maximum atomic E-state index is 10.4. The Morgan fingerprint density at radius 2 is 2.00 bits per heavy atom. The van der Waals surface area contributed by atoms with Crippen molar-refractivity contribution in [3.05, 3.63) is 0 Å². The molecule has 1 rings (SSSR count). The molecular weight excluding hydrogens is 198 g/mol. The van der Waals surface area contributed by atoms with Crippen LogP contribution in [0, 0.1) is 28.6 Å². The molecule has 16 heavy (non-hydrogen) atoms. The van der Waals surface area contributed by atoms with Gasteiger partial charge in [-0.1, -0.05) is 27.2 Å². The van der Waals surface area contributed by atoms with E-state index in [4.69, 9.17) is 0 Å². The van der Waals surface area contributed by atoms with Gasteiger partial charge in [-0.15, -0.1) is 0 Å². The fourth-order valence-electron chi connectivity index (χ4n) is 2.91. The summed E-state index contributed by atoms with van der Waals surface area (Å²) in [6.07, 6.45) is 5.58. The van der Waals surface area contributed by atoms with Crippen LogP contribution in [0.1, 0.15) is 59.3 Å². The summed E-state index contributed by atoms with van der Waals surface area (Å²) >= 11 is 0. The van der Waals surface area contributed by atoms with E-state index in [1.807, 2.05) is 0 Å². The Hall–Kier alpha value is -0.550. The smallest absolute Gasteiger partial charge is 0.0835 e. The van der Waals surface area contributed by atoms with Gasteiger partial charge in [-0.2, -0.15) is 5.26 Å². The molecule has 0 aromatic carbocycles. The second-order valence-electron chi connectivity index (χ2n) is 5.66. The summed E-state index contributed by atoms with van der Waals surface area (Å²) in [6.45, 7) is 6.44. The normalized spacial score (nSPS) is 34.1. The number of hydrogen-bond donors (Lipinski definition) is 1. The summed E-state index contributed by atoms with van der Waals surface area (Å²) < 4.78 is 0. The Morgan fingerprint density at radius 1 is 1.44 bits per heavy atom. The van der Waals surface area contributed by atoms with Crippen LogP contribution >= 0.6 is 0 Å². The molecule has 1 fully saturated rings. The van der Waals surface area contributed by atoms with Crippen LogP contribution in [-0.4, -0.2) is 11.2 Å². The molecule has 0 aromatic rings. The zero-order chi connectivity index (χ0) is 12.2. The highest BCUT2D eigenvalue weighted by molar-refractivity contribution is 5.06. The van der Waals surface area contributed by atoms with Crippen LogP contribution in [0.15, 0.2) is 0 Å². The molecule has 2 unspecified atom stereocenters. The molecule has 2 heteroatoms. The first-order valence-corrected chi connectivity index (χ1v) is 6.65. The van der Waals surface area contributed by atoms with E-state index in [0.29, 0.717) is 0 Å². The van der Waals surface area contributed by atoms with Gasteiger partial charge >= 0.3 is 0 Å². The maximum absolute atomic E-state index is 10.4. The van der Waals surface area contributed by atoms with Crippen molar-refractivity contribution >= 4 is 0 Å². The summed E-state index contributed by atoms with van der Waals surface area (Å²) in [5.74, 6) is 0.966. The summed E-state index contributed by atoms with van der Waals surface area (Å²) in [4.78, 5) is 0. The van der Waals surface area contributed by atoms with E-state index in [-0.39, 0.29) is 5.92 Å². The minimum absolute atomic E-state index is 0.248. The highest BCUT2D eigenvalue weighted by atomic mass is 16.3. The zero-order valence-corrected chi connectivity index (χ0v) is 10.9. The van der Waals surface area contributed by atoms with E-state index in [2.05, 4.69) is 26.8 Å².